The normalized spacial score (nSPS) is 20.5. The topological polar surface area (TPSA) is 27.1 Å². The molecule has 1 unspecified atom stereocenters. The van der Waals surface area contributed by atoms with Crippen molar-refractivity contribution in [2.24, 2.45) is 5.41 Å². The molecular formula is C18H30N2O. The van der Waals surface area contributed by atoms with Gasteiger partial charge in [0.1, 0.15) is 0 Å². The Labute approximate surface area is 129 Å². The van der Waals surface area contributed by atoms with Gasteiger partial charge in [-0.2, -0.15) is 5.10 Å². The largest absolute Gasteiger partial charge is 0.374 e. The predicted octanol–water partition coefficient (Wildman–Crippen LogP) is 4.33. The highest BCUT2D eigenvalue weighted by atomic mass is 16.5. The highest BCUT2D eigenvalue weighted by Gasteiger charge is 2.29. The number of nitrogens with zero attached hydrogens (tertiary/aromatic N) is 2. The molecule has 2 heterocycles. The van der Waals surface area contributed by atoms with E-state index in [1.165, 1.54) is 11.1 Å². The van der Waals surface area contributed by atoms with Crippen LogP contribution < -0.4 is 0 Å². The van der Waals surface area contributed by atoms with E-state index in [1.54, 1.807) is 0 Å². The van der Waals surface area contributed by atoms with E-state index in [4.69, 9.17) is 4.74 Å². The molecule has 1 aromatic rings. The van der Waals surface area contributed by atoms with Gasteiger partial charge in [0, 0.05) is 12.7 Å². The molecule has 1 aliphatic heterocycles. The summed E-state index contributed by atoms with van der Waals surface area (Å²) in [6.45, 7) is 15.3. The van der Waals surface area contributed by atoms with Gasteiger partial charge in [0.15, 0.2) is 0 Å². The van der Waals surface area contributed by atoms with Crippen molar-refractivity contribution in [3.63, 3.8) is 0 Å². The summed E-state index contributed by atoms with van der Waals surface area (Å²) in [5.74, 6) is 0. The third-order valence-electron chi connectivity index (χ3n) is 4.50. The molecule has 21 heavy (non-hydrogen) atoms. The number of ether oxygens (including phenoxy) is 1. The number of aryl methyl sites for hydroxylation is 1. The molecule has 0 spiro atoms. The Balaban J connectivity index is 2.12. The Morgan fingerprint density at radius 2 is 2.00 bits per heavy atom. The molecule has 0 bridgehead atoms. The smallest absolute Gasteiger partial charge is 0.0767 e. The van der Waals surface area contributed by atoms with Gasteiger partial charge in [0.2, 0.25) is 0 Å². The van der Waals surface area contributed by atoms with E-state index in [2.05, 4.69) is 58.9 Å². The number of hydrogen-bond acceptors (Lipinski definition) is 2. The van der Waals surface area contributed by atoms with E-state index in [-0.39, 0.29) is 16.9 Å². The molecule has 0 aromatic carbocycles. The zero-order chi connectivity index (χ0) is 15.7. The van der Waals surface area contributed by atoms with Gasteiger partial charge in [-0.1, -0.05) is 46.3 Å². The van der Waals surface area contributed by atoms with E-state index < -0.39 is 0 Å². The van der Waals surface area contributed by atoms with Gasteiger partial charge < -0.3 is 4.74 Å². The zero-order valence-corrected chi connectivity index (χ0v) is 14.4. The quantitative estimate of drug-likeness (QED) is 0.772. The van der Waals surface area contributed by atoms with E-state index in [0.29, 0.717) is 0 Å². The first-order valence-corrected chi connectivity index (χ1v) is 8.08. The van der Waals surface area contributed by atoms with Gasteiger partial charge >= 0.3 is 0 Å². The lowest BCUT2D eigenvalue weighted by molar-refractivity contribution is 0.0536. The van der Waals surface area contributed by atoms with Crippen molar-refractivity contribution >= 4 is 0 Å². The van der Waals surface area contributed by atoms with Crippen LogP contribution in [-0.2, 0) is 16.7 Å². The molecule has 118 valence electrons. The second-order valence-electron chi connectivity index (χ2n) is 7.77. The summed E-state index contributed by atoms with van der Waals surface area (Å²) >= 11 is 0. The maximum atomic E-state index is 5.99. The molecular weight excluding hydrogens is 260 g/mol. The molecule has 0 amide bonds. The number of hydrogen-bond donors (Lipinski definition) is 0. The molecule has 3 heteroatoms. The summed E-state index contributed by atoms with van der Waals surface area (Å²) < 4.78 is 7.99. The average molecular weight is 290 g/mol. The van der Waals surface area contributed by atoms with Gasteiger partial charge in [-0.25, -0.2) is 0 Å². The third-order valence-corrected chi connectivity index (χ3v) is 4.50. The lowest BCUT2D eigenvalue weighted by Crippen LogP contribution is -2.29. The van der Waals surface area contributed by atoms with Crippen LogP contribution in [0.2, 0.25) is 0 Å². The molecule has 1 aromatic heterocycles. The standard InChI is InChI=1S/C18H30N2O/c1-7-20-13-15(12-19-20)18(5,6)11-16-10-14(8-9-21-16)17(2,3)4/h10,12-13,16H,7-9,11H2,1-6H3. The molecule has 0 aliphatic carbocycles. The van der Waals surface area contributed by atoms with Crippen molar-refractivity contribution in [2.45, 2.75) is 72.4 Å². The van der Waals surface area contributed by atoms with Crippen molar-refractivity contribution in [3.8, 4) is 0 Å². The van der Waals surface area contributed by atoms with Crippen molar-refractivity contribution < 1.29 is 4.74 Å². The second-order valence-corrected chi connectivity index (χ2v) is 7.77. The Kier molecular flexibility index (Phi) is 4.62. The van der Waals surface area contributed by atoms with Gasteiger partial charge in [0.25, 0.3) is 0 Å². The molecule has 2 rings (SSSR count). The van der Waals surface area contributed by atoms with E-state index in [9.17, 15) is 0 Å². The average Bonchev–Trinajstić information content (AvgIpc) is 2.87. The summed E-state index contributed by atoms with van der Waals surface area (Å²) in [7, 11) is 0. The monoisotopic (exact) mass is 290 g/mol. The lowest BCUT2D eigenvalue weighted by Gasteiger charge is -2.33. The van der Waals surface area contributed by atoms with Crippen LogP contribution >= 0.6 is 0 Å². The first-order valence-electron chi connectivity index (χ1n) is 8.08. The highest BCUT2D eigenvalue weighted by molar-refractivity contribution is 5.21. The van der Waals surface area contributed by atoms with E-state index >= 15 is 0 Å². The lowest BCUT2D eigenvalue weighted by atomic mass is 9.78. The Morgan fingerprint density at radius 3 is 2.57 bits per heavy atom. The highest BCUT2D eigenvalue weighted by Crippen LogP contribution is 2.35. The van der Waals surface area contributed by atoms with Crippen molar-refractivity contribution in [3.05, 3.63) is 29.6 Å². The Hall–Kier alpha value is -1.09. The summed E-state index contributed by atoms with van der Waals surface area (Å²) in [4.78, 5) is 0. The molecule has 0 saturated carbocycles. The molecule has 3 nitrogen and oxygen atoms in total. The maximum absolute atomic E-state index is 5.99. The Morgan fingerprint density at radius 1 is 1.29 bits per heavy atom. The van der Waals surface area contributed by atoms with Gasteiger partial charge in [-0.05, 0) is 36.2 Å². The molecule has 0 radical (unpaired) electrons. The first kappa shape index (κ1) is 16.3. The van der Waals surface area contributed by atoms with Crippen LogP contribution in [-0.4, -0.2) is 22.5 Å². The molecule has 1 atom stereocenters. The van der Waals surface area contributed by atoms with E-state index in [0.717, 1.165) is 26.0 Å². The third kappa shape index (κ3) is 3.97. The number of rotatable bonds is 4. The van der Waals surface area contributed by atoms with Crippen LogP contribution in [0.3, 0.4) is 0 Å². The van der Waals surface area contributed by atoms with Crippen LogP contribution in [0.5, 0.6) is 0 Å². The molecule has 1 aliphatic rings. The summed E-state index contributed by atoms with van der Waals surface area (Å²) in [6.07, 6.45) is 8.80. The Bertz CT molecular complexity index is 506. The predicted molar refractivity (Wildman–Crippen MR) is 87.4 cm³/mol. The second kappa shape index (κ2) is 5.96. The number of aromatic nitrogens is 2. The van der Waals surface area contributed by atoms with Crippen LogP contribution in [0.25, 0.3) is 0 Å². The van der Waals surface area contributed by atoms with Crippen LogP contribution in [0.1, 0.15) is 59.9 Å². The minimum atomic E-state index is 0.0783. The maximum Gasteiger partial charge on any atom is 0.0767 e. The van der Waals surface area contributed by atoms with Crippen molar-refractivity contribution in [1.29, 1.82) is 0 Å². The fourth-order valence-electron chi connectivity index (χ4n) is 2.93. The van der Waals surface area contributed by atoms with Crippen molar-refractivity contribution in [1.82, 2.24) is 9.78 Å². The van der Waals surface area contributed by atoms with Gasteiger partial charge in [-0.15, -0.1) is 0 Å². The van der Waals surface area contributed by atoms with Gasteiger partial charge in [-0.3, -0.25) is 4.68 Å². The zero-order valence-electron chi connectivity index (χ0n) is 14.4. The summed E-state index contributed by atoms with van der Waals surface area (Å²) in [5, 5.41) is 4.41. The SMILES string of the molecule is CCn1cc(C(C)(C)CC2C=C(C(C)(C)C)CCO2)cn1. The molecule has 0 saturated heterocycles. The fourth-order valence-corrected chi connectivity index (χ4v) is 2.93. The first-order chi connectivity index (χ1) is 9.72. The van der Waals surface area contributed by atoms with Gasteiger partial charge in [0.05, 0.1) is 18.9 Å². The van der Waals surface area contributed by atoms with Crippen LogP contribution in [0, 0.1) is 5.41 Å². The minimum Gasteiger partial charge on any atom is -0.374 e. The van der Waals surface area contributed by atoms with Crippen molar-refractivity contribution in [2.75, 3.05) is 6.61 Å². The van der Waals surface area contributed by atoms with Crippen LogP contribution in [0.4, 0.5) is 0 Å². The molecule has 0 fully saturated rings. The van der Waals surface area contributed by atoms with Crippen LogP contribution in [0.15, 0.2) is 24.0 Å². The molecule has 0 N–H and O–H groups in total. The minimum absolute atomic E-state index is 0.0783. The summed E-state index contributed by atoms with van der Waals surface area (Å²) in [5.41, 5.74) is 3.15. The summed E-state index contributed by atoms with van der Waals surface area (Å²) in [6, 6.07) is 0. The fraction of sp³-hybridized carbons (Fsp3) is 0.722. The van der Waals surface area contributed by atoms with E-state index in [1.807, 2.05) is 10.9 Å².